The zero-order valence-corrected chi connectivity index (χ0v) is 10.4. The van der Waals surface area contributed by atoms with Crippen LogP contribution in [0.1, 0.15) is 32.8 Å². The van der Waals surface area contributed by atoms with Gasteiger partial charge in [0.25, 0.3) is 10.0 Å². The van der Waals surface area contributed by atoms with E-state index in [1.807, 2.05) is 6.92 Å². The quantitative estimate of drug-likeness (QED) is 0.700. The molecule has 92 valence electrons. The molecule has 0 radical (unpaired) electrons. The van der Waals surface area contributed by atoms with Crippen LogP contribution in [0, 0.1) is 0 Å². The van der Waals surface area contributed by atoms with Gasteiger partial charge in [0, 0.05) is 11.1 Å². The van der Waals surface area contributed by atoms with Gasteiger partial charge in [0.05, 0.1) is 12.8 Å². The van der Waals surface area contributed by atoms with Crippen LogP contribution in [0.2, 0.25) is 0 Å². The topological polar surface area (TPSA) is 95.1 Å². The molecule has 0 saturated heterocycles. The predicted octanol–water partition coefficient (Wildman–Crippen LogP) is 0.369. The standard InChI is InChI=1S/C9H17N3O3S/c1-4-9(2,3)12-16(14,15)8-7(6-13)5-10-11-8/h5,12-13H,4,6H2,1-3H3,(H,10,11). The molecule has 0 unspecified atom stereocenters. The third-order valence-electron chi connectivity index (χ3n) is 2.41. The predicted molar refractivity (Wildman–Crippen MR) is 59.2 cm³/mol. The van der Waals surface area contributed by atoms with Crippen LogP contribution in [0.3, 0.4) is 0 Å². The molecule has 1 aromatic heterocycles. The van der Waals surface area contributed by atoms with Crippen LogP contribution in [-0.4, -0.2) is 29.3 Å². The largest absolute Gasteiger partial charge is 0.392 e. The van der Waals surface area contributed by atoms with Gasteiger partial charge in [-0.15, -0.1) is 0 Å². The monoisotopic (exact) mass is 247 g/mol. The fourth-order valence-corrected chi connectivity index (χ4v) is 2.74. The summed E-state index contributed by atoms with van der Waals surface area (Å²) in [7, 11) is -3.66. The van der Waals surface area contributed by atoms with Gasteiger partial charge in [0.15, 0.2) is 5.03 Å². The summed E-state index contributed by atoms with van der Waals surface area (Å²) in [4.78, 5) is 0. The van der Waals surface area contributed by atoms with Crippen molar-refractivity contribution < 1.29 is 13.5 Å². The van der Waals surface area contributed by atoms with Crippen LogP contribution in [0.25, 0.3) is 0 Å². The van der Waals surface area contributed by atoms with Crippen molar-refractivity contribution in [2.45, 2.75) is 44.4 Å². The van der Waals surface area contributed by atoms with Crippen LogP contribution < -0.4 is 4.72 Å². The highest BCUT2D eigenvalue weighted by Crippen LogP contribution is 2.16. The Morgan fingerprint density at radius 1 is 1.56 bits per heavy atom. The van der Waals surface area contributed by atoms with Crippen molar-refractivity contribution in [1.29, 1.82) is 0 Å². The first kappa shape index (κ1) is 13.1. The maximum Gasteiger partial charge on any atom is 0.258 e. The maximum absolute atomic E-state index is 12.0. The molecule has 0 amide bonds. The molecule has 1 heterocycles. The highest BCUT2D eigenvalue weighted by atomic mass is 32.2. The molecule has 0 atom stereocenters. The molecule has 0 aliphatic rings. The lowest BCUT2D eigenvalue weighted by Crippen LogP contribution is -2.43. The van der Waals surface area contributed by atoms with Crippen molar-refractivity contribution in [3.05, 3.63) is 11.8 Å². The number of H-pyrrole nitrogens is 1. The van der Waals surface area contributed by atoms with Gasteiger partial charge < -0.3 is 5.11 Å². The van der Waals surface area contributed by atoms with Gasteiger partial charge in [-0.2, -0.15) is 5.10 Å². The van der Waals surface area contributed by atoms with Gasteiger partial charge in [-0.05, 0) is 20.3 Å². The fourth-order valence-electron chi connectivity index (χ4n) is 1.13. The van der Waals surface area contributed by atoms with Gasteiger partial charge in [-0.1, -0.05) is 6.92 Å². The number of hydrogen-bond donors (Lipinski definition) is 3. The molecule has 0 aliphatic carbocycles. The lowest BCUT2D eigenvalue weighted by molar-refractivity contribution is 0.278. The first-order valence-corrected chi connectivity index (χ1v) is 6.48. The molecule has 0 aliphatic heterocycles. The van der Waals surface area contributed by atoms with Crippen LogP contribution in [0.5, 0.6) is 0 Å². The Hall–Kier alpha value is -0.920. The van der Waals surface area contributed by atoms with Gasteiger partial charge >= 0.3 is 0 Å². The minimum Gasteiger partial charge on any atom is -0.392 e. The van der Waals surface area contributed by atoms with Crippen molar-refractivity contribution in [2.75, 3.05) is 0 Å². The van der Waals surface area contributed by atoms with Crippen LogP contribution in [0.4, 0.5) is 0 Å². The van der Waals surface area contributed by atoms with Crippen molar-refractivity contribution >= 4 is 10.0 Å². The Bertz CT molecular complexity index is 450. The van der Waals surface area contributed by atoms with Crippen molar-refractivity contribution in [3.63, 3.8) is 0 Å². The summed E-state index contributed by atoms with van der Waals surface area (Å²) in [6.45, 7) is 5.11. The van der Waals surface area contributed by atoms with Gasteiger partial charge in [-0.25, -0.2) is 13.1 Å². The van der Waals surface area contributed by atoms with Crippen molar-refractivity contribution in [3.8, 4) is 0 Å². The zero-order chi connectivity index (χ0) is 12.4. The SMILES string of the molecule is CCC(C)(C)NS(=O)(=O)c1[nH]ncc1CO. The van der Waals surface area contributed by atoms with Crippen LogP contribution in [0.15, 0.2) is 11.2 Å². The third-order valence-corrected chi connectivity index (χ3v) is 4.12. The number of aliphatic hydroxyl groups is 1. The second-order valence-electron chi connectivity index (χ2n) is 4.23. The van der Waals surface area contributed by atoms with E-state index in [-0.39, 0.29) is 17.2 Å². The van der Waals surface area contributed by atoms with E-state index in [4.69, 9.17) is 5.11 Å². The Morgan fingerprint density at radius 3 is 2.69 bits per heavy atom. The van der Waals surface area contributed by atoms with E-state index in [2.05, 4.69) is 14.9 Å². The molecular weight excluding hydrogens is 230 g/mol. The number of nitrogens with zero attached hydrogens (tertiary/aromatic N) is 1. The minimum absolute atomic E-state index is 0.0727. The summed E-state index contributed by atoms with van der Waals surface area (Å²) in [5, 5.41) is 14.9. The summed E-state index contributed by atoms with van der Waals surface area (Å²) < 4.78 is 26.5. The van der Waals surface area contributed by atoms with Crippen molar-refractivity contribution in [2.24, 2.45) is 0 Å². The normalized spacial score (nSPS) is 13.0. The molecular formula is C9H17N3O3S. The second-order valence-corrected chi connectivity index (χ2v) is 5.84. The van der Waals surface area contributed by atoms with E-state index in [1.54, 1.807) is 13.8 Å². The van der Waals surface area contributed by atoms with Crippen LogP contribution in [-0.2, 0) is 16.6 Å². The maximum atomic E-state index is 12.0. The van der Waals surface area contributed by atoms with Gasteiger partial charge in [-0.3, -0.25) is 5.10 Å². The molecule has 1 rings (SSSR count). The van der Waals surface area contributed by atoms with E-state index < -0.39 is 15.6 Å². The highest BCUT2D eigenvalue weighted by Gasteiger charge is 2.27. The highest BCUT2D eigenvalue weighted by molar-refractivity contribution is 7.89. The van der Waals surface area contributed by atoms with E-state index in [1.165, 1.54) is 6.20 Å². The molecule has 0 fully saturated rings. The Kier molecular flexibility index (Phi) is 3.72. The Labute approximate surface area is 95.1 Å². The Balaban J connectivity index is 3.04. The molecule has 16 heavy (non-hydrogen) atoms. The molecule has 0 aromatic carbocycles. The van der Waals surface area contributed by atoms with Gasteiger partial charge in [0.2, 0.25) is 0 Å². The molecule has 7 heteroatoms. The van der Waals surface area contributed by atoms with E-state index in [0.29, 0.717) is 6.42 Å². The zero-order valence-electron chi connectivity index (χ0n) is 9.61. The Morgan fingerprint density at radius 2 is 2.19 bits per heavy atom. The molecule has 6 nitrogen and oxygen atoms in total. The molecule has 3 N–H and O–H groups in total. The van der Waals surface area contributed by atoms with E-state index in [9.17, 15) is 8.42 Å². The molecule has 1 aromatic rings. The minimum atomic E-state index is -3.66. The fraction of sp³-hybridized carbons (Fsp3) is 0.667. The number of sulfonamides is 1. The first-order valence-electron chi connectivity index (χ1n) is 4.99. The number of nitrogens with one attached hydrogen (secondary N) is 2. The van der Waals surface area contributed by atoms with E-state index in [0.717, 1.165) is 0 Å². The number of hydrogen-bond acceptors (Lipinski definition) is 4. The summed E-state index contributed by atoms with van der Waals surface area (Å²) in [6.07, 6.45) is 1.96. The lowest BCUT2D eigenvalue weighted by Gasteiger charge is -2.23. The summed E-state index contributed by atoms with van der Waals surface area (Å²) in [5.74, 6) is 0. The smallest absolute Gasteiger partial charge is 0.258 e. The molecule has 0 bridgehead atoms. The van der Waals surface area contributed by atoms with E-state index >= 15 is 0 Å². The number of aliphatic hydroxyl groups excluding tert-OH is 1. The van der Waals surface area contributed by atoms with Crippen molar-refractivity contribution in [1.82, 2.24) is 14.9 Å². The summed E-state index contributed by atoms with van der Waals surface area (Å²) in [5.41, 5.74) is -0.268. The first-order chi connectivity index (χ1) is 7.32. The number of aromatic nitrogens is 2. The van der Waals surface area contributed by atoms with Crippen LogP contribution >= 0.6 is 0 Å². The summed E-state index contributed by atoms with van der Waals surface area (Å²) in [6, 6.07) is 0. The second kappa shape index (κ2) is 4.52. The molecule has 0 spiro atoms. The molecule has 0 saturated carbocycles. The number of aromatic amines is 1. The lowest BCUT2D eigenvalue weighted by atomic mass is 10.0. The number of rotatable bonds is 5. The average molecular weight is 247 g/mol. The van der Waals surface area contributed by atoms with Gasteiger partial charge in [0.1, 0.15) is 0 Å². The average Bonchev–Trinajstić information content (AvgIpc) is 2.64. The third kappa shape index (κ3) is 2.81. The summed E-state index contributed by atoms with van der Waals surface area (Å²) >= 11 is 0.